The van der Waals surface area contributed by atoms with Crippen molar-refractivity contribution < 1.29 is 4.79 Å². The molecule has 0 bridgehead atoms. The highest BCUT2D eigenvalue weighted by atomic mass is 35.5. The van der Waals surface area contributed by atoms with Crippen molar-refractivity contribution in [2.45, 2.75) is 11.1 Å². The van der Waals surface area contributed by atoms with Gasteiger partial charge in [0.1, 0.15) is 17.4 Å². The molecule has 0 fully saturated rings. The van der Waals surface area contributed by atoms with Crippen LogP contribution >= 0.6 is 23.4 Å². The Hall–Kier alpha value is -1.85. The van der Waals surface area contributed by atoms with Gasteiger partial charge in [-0.25, -0.2) is 9.98 Å². The Morgan fingerprint density at radius 2 is 2.05 bits per heavy atom. The number of aromatic nitrogens is 1. The summed E-state index contributed by atoms with van der Waals surface area (Å²) in [6.45, 7) is 0. The molecule has 1 aromatic heterocycles. The SMILES string of the molecule is O=CC1N=C(Nc2ccc(Cl)cc2)Sc2ncccc21. The van der Waals surface area contributed by atoms with Crippen LogP contribution in [-0.4, -0.2) is 16.4 Å². The number of aliphatic imine (C=N–C) groups is 1. The third-order valence-corrected chi connectivity index (χ3v) is 3.98. The number of carbonyl (C=O) groups is 1. The Kier molecular flexibility index (Phi) is 3.71. The minimum Gasteiger partial charge on any atom is -0.335 e. The number of benzene rings is 1. The van der Waals surface area contributed by atoms with Gasteiger partial charge in [0.05, 0.1) is 0 Å². The zero-order valence-corrected chi connectivity index (χ0v) is 11.9. The van der Waals surface area contributed by atoms with Gasteiger partial charge in [-0.1, -0.05) is 17.7 Å². The van der Waals surface area contributed by atoms with Crippen LogP contribution in [0.25, 0.3) is 0 Å². The summed E-state index contributed by atoms with van der Waals surface area (Å²) in [5, 5.41) is 5.29. The van der Waals surface area contributed by atoms with Crippen LogP contribution in [0, 0.1) is 0 Å². The number of amidine groups is 1. The number of nitrogens with one attached hydrogen (secondary N) is 1. The third-order valence-electron chi connectivity index (χ3n) is 2.79. The lowest BCUT2D eigenvalue weighted by Crippen LogP contribution is -2.16. The second-order valence-electron chi connectivity index (χ2n) is 4.15. The first-order chi connectivity index (χ1) is 9.76. The minimum absolute atomic E-state index is 0.505. The topological polar surface area (TPSA) is 54.4 Å². The van der Waals surface area contributed by atoms with E-state index in [0.717, 1.165) is 22.6 Å². The monoisotopic (exact) mass is 303 g/mol. The van der Waals surface area contributed by atoms with Crippen molar-refractivity contribution in [1.82, 2.24) is 4.98 Å². The molecule has 100 valence electrons. The molecule has 4 nitrogen and oxygen atoms in total. The first kappa shape index (κ1) is 13.1. The van der Waals surface area contributed by atoms with Crippen molar-refractivity contribution >= 4 is 40.5 Å². The van der Waals surface area contributed by atoms with Gasteiger partial charge < -0.3 is 10.1 Å². The second-order valence-corrected chi connectivity index (χ2v) is 5.56. The number of pyridine rings is 1. The lowest BCUT2D eigenvalue weighted by atomic mass is 10.1. The van der Waals surface area contributed by atoms with Crippen LogP contribution in [-0.2, 0) is 4.79 Å². The number of thioether (sulfide) groups is 1. The molecule has 1 aromatic carbocycles. The molecule has 0 spiro atoms. The Balaban J connectivity index is 1.86. The molecule has 1 unspecified atom stereocenters. The number of carbonyl (C=O) groups excluding carboxylic acids is 1. The molecule has 2 aromatic rings. The number of fused-ring (bicyclic) bond motifs is 1. The van der Waals surface area contributed by atoms with E-state index in [9.17, 15) is 4.79 Å². The number of hydrogen-bond donors (Lipinski definition) is 1. The number of hydrogen-bond acceptors (Lipinski definition) is 5. The Bertz CT molecular complexity index is 672. The standard InChI is InChI=1S/C14H10ClN3OS/c15-9-3-5-10(6-4-9)17-14-18-12(8-19)11-2-1-7-16-13(11)20-14/h1-8,12H,(H,17,18). The molecule has 2 heterocycles. The van der Waals surface area contributed by atoms with Gasteiger partial charge in [-0.15, -0.1) is 0 Å². The van der Waals surface area contributed by atoms with Crippen molar-refractivity contribution in [2.75, 3.05) is 5.32 Å². The first-order valence-corrected chi connectivity index (χ1v) is 7.14. The van der Waals surface area contributed by atoms with Crippen molar-refractivity contribution in [3.05, 3.63) is 53.2 Å². The van der Waals surface area contributed by atoms with E-state index in [0.29, 0.717) is 10.2 Å². The Labute approximate surface area is 125 Å². The molecule has 3 rings (SSSR count). The average molecular weight is 304 g/mol. The number of aldehydes is 1. The van der Waals surface area contributed by atoms with Gasteiger partial charge in [-0.3, -0.25) is 0 Å². The van der Waals surface area contributed by atoms with Gasteiger partial charge in [0.2, 0.25) is 0 Å². The molecule has 0 saturated heterocycles. The highest BCUT2D eigenvalue weighted by molar-refractivity contribution is 8.14. The van der Waals surface area contributed by atoms with Crippen LogP contribution in [0.3, 0.4) is 0 Å². The molecule has 0 radical (unpaired) electrons. The first-order valence-electron chi connectivity index (χ1n) is 5.95. The van der Waals surface area contributed by atoms with Crippen LogP contribution in [0.1, 0.15) is 11.6 Å². The average Bonchev–Trinajstić information content (AvgIpc) is 2.49. The fourth-order valence-electron chi connectivity index (χ4n) is 1.85. The molecular weight excluding hydrogens is 294 g/mol. The van der Waals surface area contributed by atoms with Crippen molar-refractivity contribution in [2.24, 2.45) is 4.99 Å². The van der Waals surface area contributed by atoms with Gasteiger partial charge >= 0.3 is 0 Å². The predicted octanol–water partition coefficient (Wildman–Crippen LogP) is 3.55. The summed E-state index contributed by atoms with van der Waals surface area (Å²) in [7, 11) is 0. The van der Waals surface area contributed by atoms with Crippen LogP contribution in [0.5, 0.6) is 0 Å². The zero-order chi connectivity index (χ0) is 13.9. The molecular formula is C14H10ClN3OS. The van der Waals surface area contributed by atoms with Gasteiger partial charge in [0.25, 0.3) is 0 Å². The van der Waals surface area contributed by atoms with E-state index in [2.05, 4.69) is 15.3 Å². The van der Waals surface area contributed by atoms with Crippen molar-refractivity contribution in [1.29, 1.82) is 0 Å². The molecule has 1 aliphatic heterocycles. The second kappa shape index (κ2) is 5.64. The summed E-state index contributed by atoms with van der Waals surface area (Å²) < 4.78 is 0. The fourth-order valence-corrected chi connectivity index (χ4v) is 2.91. The highest BCUT2D eigenvalue weighted by Crippen LogP contribution is 2.33. The van der Waals surface area contributed by atoms with Crippen molar-refractivity contribution in [3.8, 4) is 0 Å². The van der Waals surface area contributed by atoms with Gasteiger partial charge in [-0.05, 0) is 42.1 Å². The van der Waals surface area contributed by atoms with Crippen LogP contribution in [0.15, 0.2) is 52.6 Å². The van der Waals surface area contributed by atoms with E-state index in [4.69, 9.17) is 11.6 Å². The van der Waals surface area contributed by atoms with Gasteiger partial charge in [-0.2, -0.15) is 0 Å². The molecule has 6 heteroatoms. The predicted molar refractivity (Wildman–Crippen MR) is 81.4 cm³/mol. The largest absolute Gasteiger partial charge is 0.335 e. The summed E-state index contributed by atoms with van der Waals surface area (Å²) in [4.78, 5) is 19.8. The van der Waals surface area contributed by atoms with E-state index in [1.54, 1.807) is 18.3 Å². The maximum atomic E-state index is 11.2. The normalized spacial score (nSPS) is 17.1. The third kappa shape index (κ3) is 2.69. The van der Waals surface area contributed by atoms with E-state index in [-0.39, 0.29) is 0 Å². The zero-order valence-electron chi connectivity index (χ0n) is 10.3. The Morgan fingerprint density at radius 1 is 1.25 bits per heavy atom. The number of halogens is 1. The quantitative estimate of drug-likeness (QED) is 0.862. The number of rotatable bonds is 2. The lowest BCUT2D eigenvalue weighted by Gasteiger charge is -2.19. The van der Waals surface area contributed by atoms with E-state index in [1.165, 1.54) is 11.8 Å². The highest BCUT2D eigenvalue weighted by Gasteiger charge is 2.22. The maximum absolute atomic E-state index is 11.2. The van der Waals surface area contributed by atoms with E-state index < -0.39 is 6.04 Å². The number of anilines is 1. The summed E-state index contributed by atoms with van der Waals surface area (Å²) in [6.07, 6.45) is 2.53. The molecule has 1 aliphatic rings. The smallest absolute Gasteiger partial charge is 0.168 e. The summed E-state index contributed by atoms with van der Waals surface area (Å²) in [6, 6.07) is 10.5. The summed E-state index contributed by atoms with van der Waals surface area (Å²) in [5.74, 6) is 0. The summed E-state index contributed by atoms with van der Waals surface area (Å²) >= 11 is 7.26. The molecule has 0 amide bonds. The van der Waals surface area contributed by atoms with E-state index in [1.807, 2.05) is 24.3 Å². The van der Waals surface area contributed by atoms with Crippen molar-refractivity contribution in [3.63, 3.8) is 0 Å². The number of nitrogens with zero attached hydrogens (tertiary/aromatic N) is 2. The fraction of sp³-hybridized carbons (Fsp3) is 0.0714. The van der Waals surface area contributed by atoms with Gasteiger partial charge in [0, 0.05) is 22.5 Å². The lowest BCUT2D eigenvalue weighted by molar-refractivity contribution is -0.109. The molecule has 1 atom stereocenters. The van der Waals surface area contributed by atoms with E-state index >= 15 is 0 Å². The van der Waals surface area contributed by atoms with Crippen LogP contribution in [0.4, 0.5) is 5.69 Å². The maximum Gasteiger partial charge on any atom is 0.168 e. The van der Waals surface area contributed by atoms with Gasteiger partial charge in [0.15, 0.2) is 5.17 Å². The molecule has 0 saturated carbocycles. The van der Waals surface area contributed by atoms with Crippen LogP contribution < -0.4 is 5.32 Å². The summed E-state index contributed by atoms with van der Waals surface area (Å²) in [5.41, 5.74) is 1.71. The van der Waals surface area contributed by atoms with Crippen LogP contribution in [0.2, 0.25) is 5.02 Å². The Morgan fingerprint density at radius 3 is 2.80 bits per heavy atom. The minimum atomic E-state index is -0.505. The molecule has 1 N–H and O–H groups in total. The molecule has 20 heavy (non-hydrogen) atoms. The molecule has 0 aliphatic carbocycles.